The third-order valence-corrected chi connectivity index (χ3v) is 6.07. The second kappa shape index (κ2) is 10.1. The summed E-state index contributed by atoms with van der Waals surface area (Å²) in [4.78, 5) is 14.6. The number of morpholine rings is 1. The van der Waals surface area contributed by atoms with Crippen LogP contribution in [0, 0.1) is 5.82 Å². The predicted octanol–water partition coefficient (Wildman–Crippen LogP) is 4.40. The molecule has 1 fully saturated rings. The maximum absolute atomic E-state index is 13.3. The Balaban J connectivity index is 1.30. The lowest BCUT2D eigenvalue weighted by atomic mass is 10.0. The molecule has 5 rings (SSSR count). The number of ether oxygens (including phenoxy) is 1. The van der Waals surface area contributed by atoms with Gasteiger partial charge in [-0.05, 0) is 47.5 Å². The molecule has 4 aromatic rings. The zero-order valence-corrected chi connectivity index (χ0v) is 19.2. The van der Waals surface area contributed by atoms with Crippen molar-refractivity contribution in [3.8, 4) is 11.1 Å². The number of urea groups is 1. The van der Waals surface area contributed by atoms with Gasteiger partial charge in [-0.1, -0.05) is 30.3 Å². The lowest BCUT2D eigenvalue weighted by Gasteiger charge is -2.26. The topological polar surface area (TPSA) is 97.4 Å². The first-order valence-electron chi connectivity index (χ1n) is 11.6. The van der Waals surface area contributed by atoms with Crippen molar-refractivity contribution in [3.05, 3.63) is 72.5 Å². The van der Waals surface area contributed by atoms with Crippen LogP contribution in [0.1, 0.15) is 0 Å². The van der Waals surface area contributed by atoms with Crippen LogP contribution >= 0.6 is 0 Å². The molecule has 0 atom stereocenters. The van der Waals surface area contributed by atoms with Crippen molar-refractivity contribution in [1.29, 1.82) is 0 Å². The van der Waals surface area contributed by atoms with Crippen LogP contribution in [0.5, 0.6) is 0 Å². The molecule has 2 heterocycles. The number of nitrogens with zero attached hydrogens (tertiary/aromatic N) is 3. The number of halogens is 1. The van der Waals surface area contributed by atoms with Crippen LogP contribution in [0.2, 0.25) is 0 Å². The number of nitrogens with two attached hydrogens (primary N) is 1. The zero-order chi connectivity index (χ0) is 24.2. The molecule has 2 amide bonds. The summed E-state index contributed by atoms with van der Waals surface area (Å²) in [6, 6.07) is 18.8. The fraction of sp³-hybridized carbons (Fsp3) is 0.231. The number of benzene rings is 3. The molecule has 3 aromatic carbocycles. The standard InChI is InChI=1S/C26H27FN6O2/c27-19-3-1-4-21(17-19)30-26(34)29-20-9-7-18(8-10-20)22-5-2-6-23-24(22)25(28)31-33(23)12-11-32-13-15-35-16-14-32/h1-10,17H,11-16H2,(H2,28,31)(H2,29,30,34). The minimum Gasteiger partial charge on any atom is -0.382 e. The van der Waals surface area contributed by atoms with Crippen molar-refractivity contribution in [2.24, 2.45) is 0 Å². The molecule has 9 heteroatoms. The first kappa shape index (κ1) is 22.8. The van der Waals surface area contributed by atoms with E-state index in [1.807, 2.05) is 47.1 Å². The summed E-state index contributed by atoms with van der Waals surface area (Å²) < 4.78 is 20.7. The second-order valence-corrected chi connectivity index (χ2v) is 8.43. The number of nitrogen functional groups attached to an aromatic ring is 1. The highest BCUT2D eigenvalue weighted by Gasteiger charge is 2.16. The van der Waals surface area contributed by atoms with E-state index in [2.05, 4.69) is 20.6 Å². The Kier molecular flexibility index (Phi) is 6.60. The highest BCUT2D eigenvalue weighted by molar-refractivity contribution is 6.03. The van der Waals surface area contributed by atoms with Crippen LogP contribution in [-0.4, -0.2) is 53.6 Å². The minimum atomic E-state index is -0.448. The third-order valence-electron chi connectivity index (χ3n) is 6.07. The Morgan fingerprint density at radius 2 is 1.71 bits per heavy atom. The maximum atomic E-state index is 13.3. The van der Waals surface area contributed by atoms with Crippen LogP contribution in [-0.2, 0) is 11.3 Å². The number of carbonyl (C=O) groups is 1. The summed E-state index contributed by atoms with van der Waals surface area (Å²) in [5.41, 5.74) is 10.3. The molecule has 0 spiro atoms. The van der Waals surface area contributed by atoms with Gasteiger partial charge in [0, 0.05) is 31.0 Å². The molecule has 1 aliphatic heterocycles. The molecule has 180 valence electrons. The minimum absolute atomic E-state index is 0.381. The average Bonchev–Trinajstić information content (AvgIpc) is 3.19. The van der Waals surface area contributed by atoms with Gasteiger partial charge in [0.05, 0.1) is 30.7 Å². The fourth-order valence-electron chi connectivity index (χ4n) is 4.32. The summed E-state index contributed by atoms with van der Waals surface area (Å²) in [6.45, 7) is 5.04. The third kappa shape index (κ3) is 5.26. The lowest BCUT2D eigenvalue weighted by Crippen LogP contribution is -2.38. The summed E-state index contributed by atoms with van der Waals surface area (Å²) in [6.07, 6.45) is 0. The molecular formula is C26H27FN6O2. The highest BCUT2D eigenvalue weighted by atomic mass is 19.1. The van der Waals surface area contributed by atoms with Gasteiger partial charge in [-0.3, -0.25) is 9.58 Å². The van der Waals surface area contributed by atoms with Crippen molar-refractivity contribution in [2.75, 3.05) is 49.2 Å². The second-order valence-electron chi connectivity index (χ2n) is 8.43. The van der Waals surface area contributed by atoms with Crippen molar-refractivity contribution in [2.45, 2.75) is 6.54 Å². The summed E-state index contributed by atoms with van der Waals surface area (Å²) in [5.74, 6) is 0.0827. The van der Waals surface area contributed by atoms with E-state index in [4.69, 9.17) is 10.5 Å². The molecule has 0 saturated carbocycles. The van der Waals surface area contributed by atoms with Crippen LogP contribution in [0.25, 0.3) is 22.0 Å². The highest BCUT2D eigenvalue weighted by Crippen LogP contribution is 2.33. The van der Waals surface area contributed by atoms with E-state index in [1.165, 1.54) is 18.2 Å². The first-order valence-corrected chi connectivity index (χ1v) is 11.6. The number of carbonyl (C=O) groups excluding carboxylic acids is 1. The molecule has 1 saturated heterocycles. The zero-order valence-electron chi connectivity index (χ0n) is 19.2. The summed E-state index contributed by atoms with van der Waals surface area (Å²) >= 11 is 0. The van der Waals surface area contributed by atoms with Crippen molar-refractivity contribution in [3.63, 3.8) is 0 Å². The van der Waals surface area contributed by atoms with E-state index in [-0.39, 0.29) is 0 Å². The largest absolute Gasteiger partial charge is 0.382 e. The van der Waals surface area contributed by atoms with Crippen molar-refractivity contribution >= 4 is 34.1 Å². The Morgan fingerprint density at radius 1 is 0.971 bits per heavy atom. The summed E-state index contributed by atoms with van der Waals surface area (Å²) in [5, 5.41) is 10.9. The number of rotatable bonds is 6. The first-order chi connectivity index (χ1) is 17.1. The van der Waals surface area contributed by atoms with Gasteiger partial charge in [-0.15, -0.1) is 0 Å². The van der Waals surface area contributed by atoms with Crippen molar-refractivity contribution < 1.29 is 13.9 Å². The van der Waals surface area contributed by atoms with Gasteiger partial charge in [-0.25, -0.2) is 9.18 Å². The predicted molar refractivity (Wildman–Crippen MR) is 136 cm³/mol. The van der Waals surface area contributed by atoms with E-state index in [9.17, 15) is 9.18 Å². The fourth-order valence-corrected chi connectivity index (χ4v) is 4.32. The molecule has 0 bridgehead atoms. The van der Waals surface area contributed by atoms with Crippen LogP contribution in [0.3, 0.4) is 0 Å². The van der Waals surface area contributed by atoms with Crippen LogP contribution < -0.4 is 16.4 Å². The van der Waals surface area contributed by atoms with Gasteiger partial charge in [0.2, 0.25) is 0 Å². The Morgan fingerprint density at radius 3 is 2.49 bits per heavy atom. The average molecular weight is 475 g/mol. The van der Waals surface area contributed by atoms with Crippen molar-refractivity contribution in [1.82, 2.24) is 14.7 Å². The smallest absolute Gasteiger partial charge is 0.323 e. The van der Waals surface area contributed by atoms with E-state index in [0.29, 0.717) is 17.2 Å². The number of hydrogen-bond acceptors (Lipinski definition) is 5. The number of fused-ring (bicyclic) bond motifs is 1. The Hall–Kier alpha value is -3.95. The number of aromatic nitrogens is 2. The molecule has 0 unspecified atom stereocenters. The number of nitrogens with one attached hydrogen (secondary N) is 2. The van der Waals surface area contributed by atoms with E-state index in [1.54, 1.807) is 6.07 Å². The Bertz CT molecular complexity index is 1330. The number of hydrogen-bond donors (Lipinski definition) is 3. The number of anilines is 3. The molecule has 0 radical (unpaired) electrons. The van der Waals surface area contributed by atoms with Gasteiger partial charge in [0.15, 0.2) is 5.82 Å². The van der Waals surface area contributed by atoms with Gasteiger partial charge >= 0.3 is 6.03 Å². The van der Waals surface area contributed by atoms with Crippen LogP contribution in [0.4, 0.5) is 26.4 Å². The lowest BCUT2D eigenvalue weighted by molar-refractivity contribution is 0.0361. The molecule has 1 aliphatic rings. The van der Waals surface area contributed by atoms with E-state index >= 15 is 0 Å². The molecule has 4 N–H and O–H groups in total. The monoisotopic (exact) mass is 474 g/mol. The Labute approximate surface area is 202 Å². The molecular weight excluding hydrogens is 447 g/mol. The molecule has 8 nitrogen and oxygen atoms in total. The van der Waals surface area contributed by atoms with Gasteiger partial charge < -0.3 is 21.1 Å². The SMILES string of the molecule is Nc1nn(CCN2CCOCC2)c2cccc(-c3ccc(NC(=O)Nc4cccc(F)c4)cc3)c12. The van der Waals surface area contributed by atoms with Gasteiger partial charge in [0.25, 0.3) is 0 Å². The summed E-state index contributed by atoms with van der Waals surface area (Å²) in [7, 11) is 0. The number of amides is 2. The van der Waals surface area contributed by atoms with Crippen LogP contribution in [0.15, 0.2) is 66.7 Å². The quantitative estimate of drug-likeness (QED) is 0.385. The molecule has 35 heavy (non-hydrogen) atoms. The van der Waals surface area contributed by atoms with E-state index in [0.717, 1.165) is 61.4 Å². The normalized spacial score (nSPS) is 14.2. The van der Waals surface area contributed by atoms with Gasteiger partial charge in [0.1, 0.15) is 5.82 Å². The van der Waals surface area contributed by atoms with Gasteiger partial charge in [-0.2, -0.15) is 5.10 Å². The molecule has 1 aromatic heterocycles. The maximum Gasteiger partial charge on any atom is 0.323 e. The van der Waals surface area contributed by atoms with E-state index < -0.39 is 11.8 Å². The molecule has 0 aliphatic carbocycles.